The van der Waals surface area contributed by atoms with Gasteiger partial charge in [-0.05, 0) is 94.4 Å². The first kappa shape index (κ1) is 41.4. The third-order valence-corrected chi connectivity index (χ3v) is 10.2. The molecular formula is C52H51IrN3O-2. The van der Waals surface area contributed by atoms with Crippen molar-refractivity contribution in [1.82, 2.24) is 15.0 Å². The Kier molecular flexibility index (Phi) is 12.7. The van der Waals surface area contributed by atoms with Gasteiger partial charge in [-0.2, -0.15) is 0 Å². The van der Waals surface area contributed by atoms with Gasteiger partial charge >= 0.3 is 0 Å². The van der Waals surface area contributed by atoms with Crippen LogP contribution in [-0.4, -0.2) is 15.0 Å². The first-order valence-corrected chi connectivity index (χ1v) is 19.7. The average Bonchev–Trinajstić information content (AvgIpc) is 3.57. The molecule has 4 nitrogen and oxygen atoms in total. The fourth-order valence-corrected chi connectivity index (χ4v) is 7.48. The molecule has 0 aliphatic heterocycles. The van der Waals surface area contributed by atoms with Crippen LogP contribution in [0.25, 0.3) is 67.0 Å². The van der Waals surface area contributed by atoms with Gasteiger partial charge < -0.3 is 14.4 Å². The van der Waals surface area contributed by atoms with Gasteiger partial charge in [-0.3, -0.25) is 0 Å². The van der Waals surface area contributed by atoms with Crippen LogP contribution in [0.3, 0.4) is 0 Å². The number of benzene rings is 4. The van der Waals surface area contributed by atoms with Crippen LogP contribution in [0.2, 0.25) is 0 Å². The Labute approximate surface area is 352 Å². The van der Waals surface area contributed by atoms with E-state index in [-0.39, 0.29) is 25.5 Å². The summed E-state index contributed by atoms with van der Waals surface area (Å²) in [6.45, 7) is 20.1. The number of fused-ring (bicyclic) bond motifs is 3. The van der Waals surface area contributed by atoms with Gasteiger partial charge in [-0.1, -0.05) is 126 Å². The predicted octanol–water partition coefficient (Wildman–Crippen LogP) is 14.2. The monoisotopic (exact) mass is 926 g/mol. The van der Waals surface area contributed by atoms with E-state index in [9.17, 15) is 0 Å². The minimum absolute atomic E-state index is 0. The number of pyridine rings is 3. The van der Waals surface area contributed by atoms with Crippen molar-refractivity contribution in [2.45, 2.75) is 80.6 Å². The molecule has 0 saturated heterocycles. The van der Waals surface area contributed by atoms with Gasteiger partial charge in [0.1, 0.15) is 0 Å². The first-order valence-electron chi connectivity index (χ1n) is 19.7. The van der Waals surface area contributed by atoms with Crippen LogP contribution in [0.15, 0.2) is 126 Å². The molecule has 8 rings (SSSR count). The van der Waals surface area contributed by atoms with E-state index in [1.807, 2.05) is 55.7 Å². The standard InChI is InChI=1S/C40H41N2O.C12H10N.Ir/c1-24(2)29-17-18-30(27-13-10-9-11-14-27)36(25(3)4)37(29)34-20-19-32-31-15-12-16-33(38(31)43-39(32)42-34)35-21-26(5)28(23-41-35)22-40(6,7)8;1-10-7-8-12(13-9-10)11-5-3-2-4-6-11;/h9-15,17-21,23-25H,22H2,1-8H3;2-5,7-9H,1H3;/q2*-1;. The largest absolute Gasteiger partial charge is 0.486 e. The molecule has 0 unspecified atom stereocenters. The average molecular weight is 926 g/mol. The Morgan fingerprint density at radius 2 is 1.42 bits per heavy atom. The summed E-state index contributed by atoms with van der Waals surface area (Å²) in [5, 5.41) is 2.04. The zero-order valence-electron chi connectivity index (χ0n) is 34.5. The van der Waals surface area contributed by atoms with E-state index in [1.165, 1.54) is 44.5 Å². The summed E-state index contributed by atoms with van der Waals surface area (Å²) in [5.41, 5.74) is 16.4. The molecule has 1 radical (unpaired) electrons. The van der Waals surface area contributed by atoms with Crippen molar-refractivity contribution < 1.29 is 24.5 Å². The molecule has 4 heterocycles. The summed E-state index contributed by atoms with van der Waals surface area (Å²) < 4.78 is 6.58. The Hall–Kier alpha value is -5.22. The fraction of sp³-hybridized carbons (Fsp3) is 0.250. The smallest absolute Gasteiger partial charge is 0.216 e. The molecular weight excluding hydrogens is 875 g/mol. The molecule has 0 aliphatic rings. The third-order valence-electron chi connectivity index (χ3n) is 10.2. The van der Waals surface area contributed by atoms with Crippen LogP contribution in [0.1, 0.15) is 88.1 Å². The number of nitrogens with zero attached hydrogens (tertiary/aromatic N) is 3. The minimum atomic E-state index is 0. The number of hydrogen-bond acceptors (Lipinski definition) is 4. The van der Waals surface area contributed by atoms with E-state index in [0.29, 0.717) is 17.5 Å². The summed E-state index contributed by atoms with van der Waals surface area (Å²) in [7, 11) is 0. The van der Waals surface area contributed by atoms with Gasteiger partial charge in [0.15, 0.2) is 0 Å². The van der Waals surface area contributed by atoms with Crippen LogP contribution in [0.5, 0.6) is 0 Å². The maximum Gasteiger partial charge on any atom is 0.216 e. The molecule has 5 heteroatoms. The van der Waals surface area contributed by atoms with E-state index in [0.717, 1.165) is 51.0 Å². The third kappa shape index (κ3) is 9.17. The van der Waals surface area contributed by atoms with Crippen LogP contribution in [0, 0.1) is 31.4 Å². The molecule has 0 amide bonds. The van der Waals surface area contributed by atoms with Crippen molar-refractivity contribution in [3.63, 3.8) is 0 Å². The number of rotatable bonds is 7. The molecule has 8 aromatic rings. The molecule has 0 N–H and O–H groups in total. The quantitative estimate of drug-likeness (QED) is 0.149. The van der Waals surface area contributed by atoms with E-state index in [2.05, 4.69) is 145 Å². The van der Waals surface area contributed by atoms with Gasteiger partial charge in [0.2, 0.25) is 5.71 Å². The zero-order valence-corrected chi connectivity index (χ0v) is 36.9. The molecule has 4 aromatic carbocycles. The molecule has 0 fully saturated rings. The van der Waals surface area contributed by atoms with Crippen LogP contribution in [-0.2, 0) is 26.5 Å². The Morgan fingerprint density at radius 1 is 0.684 bits per heavy atom. The number of hydrogen-bond donors (Lipinski definition) is 0. The second-order valence-electron chi connectivity index (χ2n) is 16.6. The van der Waals surface area contributed by atoms with Crippen LogP contribution >= 0.6 is 0 Å². The van der Waals surface area contributed by atoms with Crippen molar-refractivity contribution >= 4 is 22.1 Å². The second kappa shape index (κ2) is 17.5. The molecule has 57 heavy (non-hydrogen) atoms. The normalized spacial score (nSPS) is 11.5. The second-order valence-corrected chi connectivity index (χ2v) is 16.6. The minimum Gasteiger partial charge on any atom is -0.486 e. The van der Waals surface area contributed by atoms with E-state index in [4.69, 9.17) is 14.4 Å². The number of aromatic nitrogens is 3. The zero-order chi connectivity index (χ0) is 39.6. The Balaban J connectivity index is 0.000000332. The molecule has 0 bridgehead atoms. The summed E-state index contributed by atoms with van der Waals surface area (Å²) in [6, 6.07) is 44.3. The predicted molar refractivity (Wildman–Crippen MR) is 234 cm³/mol. The maximum atomic E-state index is 6.58. The van der Waals surface area contributed by atoms with Crippen molar-refractivity contribution in [2.24, 2.45) is 5.41 Å². The van der Waals surface area contributed by atoms with Gasteiger partial charge in [-0.15, -0.1) is 54.1 Å². The van der Waals surface area contributed by atoms with Crippen molar-refractivity contribution in [2.75, 3.05) is 0 Å². The molecule has 4 aromatic heterocycles. The molecule has 291 valence electrons. The van der Waals surface area contributed by atoms with Gasteiger partial charge in [0.05, 0.1) is 11.3 Å². The number of aryl methyl sites for hydroxylation is 2. The summed E-state index contributed by atoms with van der Waals surface area (Å²) >= 11 is 0. The first-order chi connectivity index (χ1) is 26.9. The Bertz CT molecular complexity index is 2600. The Morgan fingerprint density at radius 3 is 2.07 bits per heavy atom. The van der Waals surface area contributed by atoms with E-state index < -0.39 is 0 Å². The van der Waals surface area contributed by atoms with Gasteiger partial charge in [-0.25, -0.2) is 4.98 Å². The topological polar surface area (TPSA) is 51.8 Å². The SMILES string of the molecule is Cc1cc(-c2[c-]ccc3c2oc2nc(-c4c(C(C)C)ccc(-c5ccccc5)c4C(C)C)ccc23)ncc1CC(C)(C)C.Cc1ccc(-c2[c-]cccc2)nc1.[Ir]. The fourth-order valence-electron chi connectivity index (χ4n) is 7.48. The molecule has 0 aliphatic carbocycles. The molecule has 0 spiro atoms. The summed E-state index contributed by atoms with van der Waals surface area (Å²) in [4.78, 5) is 14.4. The van der Waals surface area contributed by atoms with Crippen molar-refractivity contribution in [3.05, 3.63) is 162 Å². The summed E-state index contributed by atoms with van der Waals surface area (Å²) in [6.07, 6.45) is 4.87. The number of furan rings is 1. The molecule has 0 atom stereocenters. The summed E-state index contributed by atoms with van der Waals surface area (Å²) in [5.74, 6) is 0.663. The van der Waals surface area contributed by atoms with Crippen LogP contribution in [0.4, 0.5) is 0 Å². The van der Waals surface area contributed by atoms with Gasteiger partial charge in [0.25, 0.3) is 0 Å². The van der Waals surface area contributed by atoms with Gasteiger partial charge in [0, 0.05) is 43.4 Å². The van der Waals surface area contributed by atoms with Crippen molar-refractivity contribution in [3.8, 4) is 44.9 Å². The van der Waals surface area contributed by atoms with E-state index in [1.54, 1.807) is 0 Å². The van der Waals surface area contributed by atoms with Crippen molar-refractivity contribution in [1.29, 1.82) is 0 Å². The van der Waals surface area contributed by atoms with E-state index >= 15 is 0 Å². The molecule has 0 saturated carbocycles. The van der Waals surface area contributed by atoms with Crippen LogP contribution < -0.4 is 0 Å². The maximum absolute atomic E-state index is 6.58.